The summed E-state index contributed by atoms with van der Waals surface area (Å²) in [6.45, 7) is 2.93. The predicted molar refractivity (Wildman–Crippen MR) is 61.2 cm³/mol. The number of aliphatic hydroxyl groups is 1. The number of anilines is 1. The lowest BCUT2D eigenvalue weighted by Crippen LogP contribution is -2.42. The summed E-state index contributed by atoms with van der Waals surface area (Å²) in [6.07, 6.45) is -4.25. The van der Waals surface area contributed by atoms with Crippen molar-refractivity contribution in [1.82, 2.24) is 4.98 Å². The van der Waals surface area contributed by atoms with E-state index in [-0.39, 0.29) is 12.0 Å². The topological polar surface area (TPSA) is 36.4 Å². The van der Waals surface area contributed by atoms with Crippen molar-refractivity contribution in [3.8, 4) is 0 Å². The van der Waals surface area contributed by atoms with Crippen LogP contribution in [-0.2, 0) is 6.18 Å². The van der Waals surface area contributed by atoms with Gasteiger partial charge in [0.05, 0.1) is 6.10 Å². The van der Waals surface area contributed by atoms with E-state index < -0.39 is 11.9 Å². The molecule has 1 aromatic rings. The summed E-state index contributed by atoms with van der Waals surface area (Å²) in [4.78, 5) is 5.43. The van der Waals surface area contributed by atoms with Crippen molar-refractivity contribution in [2.24, 2.45) is 5.92 Å². The van der Waals surface area contributed by atoms with Gasteiger partial charge in [0.1, 0.15) is 11.5 Å². The molecule has 1 aliphatic rings. The molecular formula is C12H15F3N2O. The Morgan fingerprint density at radius 1 is 1.39 bits per heavy atom. The number of alkyl halides is 3. The molecule has 0 aromatic carbocycles. The number of halogens is 3. The van der Waals surface area contributed by atoms with Gasteiger partial charge in [0.25, 0.3) is 0 Å². The highest BCUT2D eigenvalue weighted by atomic mass is 19.4. The SMILES string of the molecule is CC1CN(c2cccc(C(F)(F)F)n2)CCC1O. The van der Waals surface area contributed by atoms with Crippen LogP contribution in [0.15, 0.2) is 18.2 Å². The molecule has 1 aliphatic heterocycles. The first-order valence-corrected chi connectivity index (χ1v) is 5.85. The smallest absolute Gasteiger partial charge is 0.393 e. The molecular weight excluding hydrogens is 245 g/mol. The van der Waals surface area contributed by atoms with Crippen LogP contribution < -0.4 is 4.90 Å². The van der Waals surface area contributed by atoms with Crippen LogP contribution in [0, 0.1) is 5.92 Å². The molecule has 6 heteroatoms. The van der Waals surface area contributed by atoms with Crippen molar-refractivity contribution >= 4 is 5.82 Å². The molecule has 100 valence electrons. The lowest BCUT2D eigenvalue weighted by molar-refractivity contribution is -0.141. The Morgan fingerprint density at radius 3 is 2.72 bits per heavy atom. The fraction of sp³-hybridized carbons (Fsp3) is 0.583. The maximum absolute atomic E-state index is 12.6. The summed E-state index contributed by atoms with van der Waals surface area (Å²) in [5.41, 5.74) is -0.876. The largest absolute Gasteiger partial charge is 0.433 e. The summed E-state index contributed by atoms with van der Waals surface area (Å²) >= 11 is 0. The summed E-state index contributed by atoms with van der Waals surface area (Å²) < 4.78 is 37.7. The molecule has 2 rings (SSSR count). The Labute approximate surface area is 103 Å². The van der Waals surface area contributed by atoms with Crippen LogP contribution in [0.1, 0.15) is 19.0 Å². The number of nitrogens with zero attached hydrogens (tertiary/aromatic N) is 2. The molecule has 0 aliphatic carbocycles. The molecule has 2 heterocycles. The normalized spacial score (nSPS) is 25.3. The van der Waals surface area contributed by atoms with Crippen LogP contribution in [0.5, 0.6) is 0 Å². The summed E-state index contributed by atoms with van der Waals surface area (Å²) in [5, 5.41) is 9.60. The van der Waals surface area contributed by atoms with Gasteiger partial charge in [0.15, 0.2) is 0 Å². The second-order valence-corrected chi connectivity index (χ2v) is 4.66. The predicted octanol–water partition coefficient (Wildman–Crippen LogP) is 2.31. The molecule has 0 spiro atoms. The van der Waals surface area contributed by atoms with Gasteiger partial charge in [0.2, 0.25) is 0 Å². The fourth-order valence-corrected chi connectivity index (χ4v) is 2.10. The average Bonchev–Trinajstić information content (AvgIpc) is 2.32. The number of aromatic nitrogens is 1. The van der Waals surface area contributed by atoms with E-state index in [1.807, 2.05) is 6.92 Å². The molecule has 0 bridgehead atoms. The van der Waals surface area contributed by atoms with Gasteiger partial charge in [-0.25, -0.2) is 4.98 Å². The van der Waals surface area contributed by atoms with Crippen LogP contribution in [0.3, 0.4) is 0 Å². The van der Waals surface area contributed by atoms with E-state index in [0.29, 0.717) is 25.3 Å². The third kappa shape index (κ3) is 2.75. The van der Waals surface area contributed by atoms with Crippen LogP contribution in [0.2, 0.25) is 0 Å². The van der Waals surface area contributed by atoms with Gasteiger partial charge >= 0.3 is 6.18 Å². The number of aliphatic hydroxyl groups excluding tert-OH is 1. The Kier molecular flexibility index (Phi) is 3.47. The van der Waals surface area contributed by atoms with Crippen LogP contribution in [0.25, 0.3) is 0 Å². The van der Waals surface area contributed by atoms with Crippen molar-refractivity contribution in [1.29, 1.82) is 0 Å². The van der Waals surface area contributed by atoms with E-state index in [2.05, 4.69) is 4.98 Å². The molecule has 0 radical (unpaired) electrons. The van der Waals surface area contributed by atoms with Crippen molar-refractivity contribution in [3.63, 3.8) is 0 Å². The molecule has 18 heavy (non-hydrogen) atoms. The number of hydrogen-bond donors (Lipinski definition) is 1. The fourth-order valence-electron chi connectivity index (χ4n) is 2.10. The van der Waals surface area contributed by atoms with Gasteiger partial charge in [-0.15, -0.1) is 0 Å². The third-order valence-corrected chi connectivity index (χ3v) is 3.21. The molecule has 0 amide bonds. The molecule has 1 aromatic heterocycles. The molecule has 1 fully saturated rings. The Morgan fingerprint density at radius 2 is 2.11 bits per heavy atom. The minimum absolute atomic E-state index is 0.0371. The van der Waals surface area contributed by atoms with Crippen LogP contribution in [0.4, 0.5) is 19.0 Å². The highest BCUT2D eigenvalue weighted by Gasteiger charge is 2.33. The third-order valence-electron chi connectivity index (χ3n) is 3.21. The Hall–Kier alpha value is -1.30. The van der Waals surface area contributed by atoms with E-state index in [9.17, 15) is 18.3 Å². The highest BCUT2D eigenvalue weighted by Crippen LogP contribution is 2.30. The molecule has 1 saturated heterocycles. The van der Waals surface area contributed by atoms with Crippen molar-refractivity contribution in [2.45, 2.75) is 25.6 Å². The van der Waals surface area contributed by atoms with Gasteiger partial charge in [-0.1, -0.05) is 13.0 Å². The van der Waals surface area contributed by atoms with Crippen molar-refractivity contribution in [3.05, 3.63) is 23.9 Å². The van der Waals surface area contributed by atoms with Gasteiger partial charge in [-0.2, -0.15) is 13.2 Å². The first-order valence-electron chi connectivity index (χ1n) is 5.85. The van der Waals surface area contributed by atoms with Gasteiger partial charge in [-0.05, 0) is 24.5 Å². The number of piperidine rings is 1. The lowest BCUT2D eigenvalue weighted by atomic mass is 9.97. The number of hydrogen-bond acceptors (Lipinski definition) is 3. The van der Waals surface area contributed by atoms with E-state index >= 15 is 0 Å². The zero-order chi connectivity index (χ0) is 13.3. The van der Waals surface area contributed by atoms with Crippen LogP contribution in [-0.4, -0.2) is 29.3 Å². The van der Waals surface area contributed by atoms with E-state index in [0.717, 1.165) is 6.07 Å². The van der Waals surface area contributed by atoms with Crippen molar-refractivity contribution < 1.29 is 18.3 Å². The molecule has 3 nitrogen and oxygen atoms in total. The standard InChI is InChI=1S/C12H15F3N2O/c1-8-7-17(6-5-9(8)18)11-4-2-3-10(16-11)12(13,14)15/h2-4,8-9,18H,5-7H2,1H3. The number of rotatable bonds is 1. The van der Waals surface area contributed by atoms with Gasteiger partial charge in [-0.3, -0.25) is 0 Å². The second-order valence-electron chi connectivity index (χ2n) is 4.66. The van der Waals surface area contributed by atoms with E-state index in [4.69, 9.17) is 0 Å². The monoisotopic (exact) mass is 260 g/mol. The molecule has 2 atom stereocenters. The maximum Gasteiger partial charge on any atom is 0.433 e. The highest BCUT2D eigenvalue weighted by molar-refractivity contribution is 5.40. The minimum atomic E-state index is -4.42. The Balaban J connectivity index is 2.19. The zero-order valence-electron chi connectivity index (χ0n) is 9.98. The number of pyridine rings is 1. The van der Waals surface area contributed by atoms with Gasteiger partial charge < -0.3 is 10.0 Å². The summed E-state index contributed by atoms with van der Waals surface area (Å²) in [7, 11) is 0. The summed E-state index contributed by atoms with van der Waals surface area (Å²) in [5.74, 6) is 0.360. The quantitative estimate of drug-likeness (QED) is 0.841. The Bertz CT molecular complexity index is 422. The average molecular weight is 260 g/mol. The molecule has 0 saturated carbocycles. The molecule has 1 N–H and O–H groups in total. The molecule has 2 unspecified atom stereocenters. The lowest BCUT2D eigenvalue weighted by Gasteiger charge is -2.35. The zero-order valence-corrected chi connectivity index (χ0v) is 9.98. The van der Waals surface area contributed by atoms with Gasteiger partial charge in [0, 0.05) is 13.1 Å². The van der Waals surface area contributed by atoms with Crippen molar-refractivity contribution in [2.75, 3.05) is 18.0 Å². The first kappa shape index (κ1) is 13.1. The summed E-state index contributed by atoms with van der Waals surface area (Å²) in [6, 6.07) is 3.90. The van der Waals surface area contributed by atoms with Crippen LogP contribution >= 0.6 is 0 Å². The minimum Gasteiger partial charge on any atom is -0.393 e. The maximum atomic E-state index is 12.6. The first-order chi connectivity index (χ1) is 8.38. The van der Waals surface area contributed by atoms with E-state index in [1.54, 1.807) is 11.0 Å². The van der Waals surface area contributed by atoms with E-state index in [1.165, 1.54) is 6.07 Å². The second kappa shape index (κ2) is 4.76.